The highest BCUT2D eigenvalue weighted by atomic mass is 32.2. The van der Waals surface area contributed by atoms with Crippen molar-refractivity contribution in [2.75, 3.05) is 13.6 Å². The van der Waals surface area contributed by atoms with Crippen molar-refractivity contribution in [3.8, 4) is 0 Å². The van der Waals surface area contributed by atoms with Gasteiger partial charge in [-0.05, 0) is 42.7 Å². The summed E-state index contributed by atoms with van der Waals surface area (Å²) in [5.74, 6) is 0.174. The zero-order chi connectivity index (χ0) is 19.2. The van der Waals surface area contributed by atoms with Crippen molar-refractivity contribution in [2.24, 2.45) is 21.8 Å². The molecular weight excluding hydrogens is 350 g/mol. The van der Waals surface area contributed by atoms with Crippen LogP contribution in [0, 0.1) is 16.7 Å². The zero-order valence-corrected chi connectivity index (χ0v) is 16.6. The predicted octanol–water partition coefficient (Wildman–Crippen LogP) is 2.63. The summed E-state index contributed by atoms with van der Waals surface area (Å²) in [6.07, 6.45) is 3.19. The molecule has 2 atom stereocenters. The van der Waals surface area contributed by atoms with Gasteiger partial charge in [-0.25, -0.2) is 13.8 Å². The number of carbonyl (C=O) groups excluding carboxylic acids is 1. The number of nitrogens with zero attached hydrogens (tertiary/aromatic N) is 2. The van der Waals surface area contributed by atoms with Gasteiger partial charge in [-0.15, -0.1) is 0 Å². The molecule has 1 aromatic carbocycles. The Bertz CT molecular complexity index is 833. The number of hydrazone groups is 1. The van der Waals surface area contributed by atoms with Crippen molar-refractivity contribution >= 4 is 21.6 Å². The molecule has 2 aliphatic rings. The highest BCUT2D eigenvalue weighted by molar-refractivity contribution is 7.89. The molecule has 0 aliphatic heterocycles. The summed E-state index contributed by atoms with van der Waals surface area (Å²) in [5, 5.41) is 4.38. The van der Waals surface area contributed by atoms with Crippen LogP contribution in [0.2, 0.25) is 0 Å². The molecule has 2 saturated carbocycles. The Hall–Kier alpha value is -1.73. The second-order valence-electron chi connectivity index (χ2n) is 8.16. The number of rotatable bonds is 5. The van der Waals surface area contributed by atoms with Gasteiger partial charge < -0.3 is 0 Å². The third kappa shape index (κ3) is 2.97. The Morgan fingerprint density at radius 1 is 1.27 bits per heavy atom. The topological polar surface area (TPSA) is 78.8 Å². The molecular formula is C19H27N3O3S. The Morgan fingerprint density at radius 3 is 2.46 bits per heavy atom. The summed E-state index contributed by atoms with van der Waals surface area (Å²) in [6.45, 7) is 6.50. The molecule has 142 valence electrons. The SMILES string of the molecule is CN(CC(=O)NN=C1CC2CCC1(C)C2(C)C)S(=O)(=O)c1ccccc1. The van der Waals surface area contributed by atoms with Crippen LogP contribution in [-0.2, 0) is 14.8 Å². The number of hydrogen-bond donors (Lipinski definition) is 1. The first-order valence-corrected chi connectivity index (χ1v) is 10.4. The maximum atomic E-state index is 12.5. The van der Waals surface area contributed by atoms with Crippen LogP contribution >= 0.6 is 0 Å². The van der Waals surface area contributed by atoms with E-state index in [0.29, 0.717) is 5.92 Å². The molecule has 3 rings (SSSR count). The van der Waals surface area contributed by atoms with E-state index in [1.807, 2.05) is 0 Å². The van der Waals surface area contributed by atoms with Crippen molar-refractivity contribution in [2.45, 2.75) is 44.9 Å². The van der Waals surface area contributed by atoms with E-state index in [9.17, 15) is 13.2 Å². The average molecular weight is 378 g/mol. The minimum atomic E-state index is -3.69. The van der Waals surface area contributed by atoms with Crippen LogP contribution in [0.15, 0.2) is 40.3 Å². The van der Waals surface area contributed by atoms with Gasteiger partial charge in [0.25, 0.3) is 5.91 Å². The first kappa shape index (κ1) is 19.0. The Kier molecular flexibility index (Phi) is 4.73. The molecule has 26 heavy (non-hydrogen) atoms. The maximum Gasteiger partial charge on any atom is 0.255 e. The Morgan fingerprint density at radius 2 is 1.92 bits per heavy atom. The summed E-state index contributed by atoms with van der Waals surface area (Å²) in [4.78, 5) is 12.4. The average Bonchev–Trinajstić information content (AvgIpc) is 2.93. The largest absolute Gasteiger partial charge is 0.272 e. The monoisotopic (exact) mass is 377 g/mol. The Labute approximate surface area is 155 Å². The number of fused-ring (bicyclic) bond motifs is 2. The third-order valence-corrected chi connectivity index (χ3v) is 8.46. The lowest BCUT2D eigenvalue weighted by molar-refractivity contribution is -0.121. The number of benzene rings is 1. The quantitative estimate of drug-likeness (QED) is 0.801. The van der Waals surface area contributed by atoms with E-state index in [0.717, 1.165) is 22.9 Å². The third-order valence-electron chi connectivity index (χ3n) is 6.65. The van der Waals surface area contributed by atoms with E-state index in [2.05, 4.69) is 31.3 Å². The van der Waals surface area contributed by atoms with E-state index >= 15 is 0 Å². The van der Waals surface area contributed by atoms with E-state index in [1.54, 1.807) is 18.2 Å². The number of amides is 1. The van der Waals surface area contributed by atoms with E-state index in [1.165, 1.54) is 25.6 Å². The van der Waals surface area contributed by atoms with Crippen molar-refractivity contribution < 1.29 is 13.2 Å². The van der Waals surface area contributed by atoms with Crippen LogP contribution in [0.3, 0.4) is 0 Å². The second kappa shape index (κ2) is 6.46. The molecule has 0 heterocycles. The number of hydrogen-bond acceptors (Lipinski definition) is 4. The van der Waals surface area contributed by atoms with Gasteiger partial charge in [0.1, 0.15) is 0 Å². The normalized spacial score (nSPS) is 28.7. The highest BCUT2D eigenvalue weighted by Crippen LogP contribution is 2.63. The summed E-state index contributed by atoms with van der Waals surface area (Å²) < 4.78 is 26.0. The van der Waals surface area contributed by atoms with Crippen molar-refractivity contribution in [1.29, 1.82) is 0 Å². The van der Waals surface area contributed by atoms with Crippen molar-refractivity contribution in [3.63, 3.8) is 0 Å². The fourth-order valence-corrected chi connectivity index (χ4v) is 5.47. The smallest absolute Gasteiger partial charge is 0.255 e. The first-order valence-electron chi connectivity index (χ1n) is 8.96. The number of likely N-dealkylation sites (N-methyl/N-ethyl adjacent to an activating group) is 1. The van der Waals surface area contributed by atoms with Gasteiger partial charge in [0.05, 0.1) is 11.4 Å². The van der Waals surface area contributed by atoms with E-state index in [-0.39, 0.29) is 22.3 Å². The summed E-state index contributed by atoms with van der Waals surface area (Å²) in [7, 11) is -2.29. The summed E-state index contributed by atoms with van der Waals surface area (Å²) >= 11 is 0. The predicted molar refractivity (Wildman–Crippen MR) is 101 cm³/mol. The molecule has 7 heteroatoms. The molecule has 2 aliphatic carbocycles. The molecule has 2 bridgehead atoms. The van der Waals surface area contributed by atoms with Crippen LogP contribution in [-0.4, -0.2) is 37.9 Å². The van der Waals surface area contributed by atoms with Gasteiger partial charge >= 0.3 is 0 Å². The number of carbonyl (C=O) groups is 1. The molecule has 1 amide bonds. The van der Waals surface area contributed by atoms with Crippen LogP contribution in [0.1, 0.15) is 40.0 Å². The minimum Gasteiger partial charge on any atom is -0.272 e. The molecule has 0 aromatic heterocycles. The second-order valence-corrected chi connectivity index (χ2v) is 10.2. The van der Waals surface area contributed by atoms with Gasteiger partial charge in [0.15, 0.2) is 0 Å². The molecule has 0 radical (unpaired) electrons. The standard InChI is InChI=1S/C19H27N3O3S/c1-18(2)14-10-11-19(18,3)16(12-14)20-21-17(23)13-22(4)26(24,25)15-8-6-5-7-9-15/h5-9,14H,10-13H2,1-4H3,(H,21,23). The van der Waals surface area contributed by atoms with Crippen LogP contribution in [0.5, 0.6) is 0 Å². The zero-order valence-electron chi connectivity index (χ0n) is 15.8. The van der Waals surface area contributed by atoms with E-state index in [4.69, 9.17) is 0 Å². The first-order chi connectivity index (χ1) is 12.1. The molecule has 1 aromatic rings. The Balaban J connectivity index is 1.65. The lowest BCUT2D eigenvalue weighted by Gasteiger charge is -2.34. The van der Waals surface area contributed by atoms with Crippen molar-refractivity contribution in [1.82, 2.24) is 9.73 Å². The fourth-order valence-electron chi connectivity index (χ4n) is 4.32. The van der Waals surface area contributed by atoms with Gasteiger partial charge in [-0.3, -0.25) is 4.79 Å². The fraction of sp³-hybridized carbons (Fsp3) is 0.579. The molecule has 6 nitrogen and oxygen atoms in total. The van der Waals surface area contributed by atoms with Crippen LogP contribution < -0.4 is 5.43 Å². The van der Waals surface area contributed by atoms with E-state index < -0.39 is 15.9 Å². The summed E-state index contributed by atoms with van der Waals surface area (Å²) in [5.41, 5.74) is 3.79. The number of sulfonamides is 1. The van der Waals surface area contributed by atoms with Gasteiger partial charge in [-0.1, -0.05) is 39.0 Å². The molecule has 0 saturated heterocycles. The minimum absolute atomic E-state index is 0.00691. The maximum absolute atomic E-state index is 12.5. The lowest BCUT2D eigenvalue weighted by atomic mass is 9.70. The molecule has 2 unspecified atom stereocenters. The molecule has 2 fully saturated rings. The van der Waals surface area contributed by atoms with Crippen LogP contribution in [0.4, 0.5) is 0 Å². The van der Waals surface area contributed by atoms with Crippen molar-refractivity contribution in [3.05, 3.63) is 30.3 Å². The molecule has 0 spiro atoms. The summed E-state index contributed by atoms with van der Waals surface area (Å²) in [6, 6.07) is 8.10. The van der Waals surface area contributed by atoms with Gasteiger partial charge in [0, 0.05) is 18.2 Å². The lowest BCUT2D eigenvalue weighted by Crippen LogP contribution is -2.38. The highest BCUT2D eigenvalue weighted by Gasteiger charge is 2.60. The van der Waals surface area contributed by atoms with Gasteiger partial charge in [-0.2, -0.15) is 9.41 Å². The van der Waals surface area contributed by atoms with Gasteiger partial charge in [0.2, 0.25) is 10.0 Å². The number of nitrogens with one attached hydrogen (secondary N) is 1. The van der Waals surface area contributed by atoms with Crippen LogP contribution in [0.25, 0.3) is 0 Å². The molecule has 1 N–H and O–H groups in total.